The van der Waals surface area contributed by atoms with E-state index in [1.54, 1.807) is 67.6 Å². The minimum absolute atomic E-state index is 0.0610. The van der Waals surface area contributed by atoms with Crippen molar-refractivity contribution in [1.29, 1.82) is 0 Å². The Morgan fingerprint density at radius 3 is 2.18 bits per heavy atom. The molecule has 166 valence electrons. The van der Waals surface area contributed by atoms with Crippen molar-refractivity contribution in [3.05, 3.63) is 101 Å². The lowest BCUT2D eigenvalue weighted by Crippen LogP contribution is -2.29. The van der Waals surface area contributed by atoms with Crippen molar-refractivity contribution in [3.8, 4) is 5.75 Å². The monoisotopic (exact) mass is 460 g/mol. The molecule has 1 aliphatic heterocycles. The van der Waals surface area contributed by atoms with E-state index in [1.807, 2.05) is 6.92 Å². The van der Waals surface area contributed by atoms with Crippen LogP contribution in [0.25, 0.3) is 6.08 Å². The van der Waals surface area contributed by atoms with E-state index in [2.05, 4.69) is 5.10 Å². The predicted molar refractivity (Wildman–Crippen MR) is 124 cm³/mol. The topological polar surface area (TPSA) is 93.1 Å². The molecule has 1 aliphatic rings. The van der Waals surface area contributed by atoms with E-state index in [0.717, 1.165) is 10.6 Å². The van der Waals surface area contributed by atoms with E-state index in [9.17, 15) is 18.0 Å². The fourth-order valence-corrected chi connectivity index (χ4v) is 4.12. The average molecular weight is 461 g/mol. The van der Waals surface area contributed by atoms with Gasteiger partial charge in [0.2, 0.25) is 0 Å². The summed E-state index contributed by atoms with van der Waals surface area (Å²) in [5, 5.41) is 4.96. The quantitative estimate of drug-likeness (QED) is 0.323. The van der Waals surface area contributed by atoms with Gasteiger partial charge in [0.05, 0.1) is 11.3 Å². The lowest BCUT2D eigenvalue weighted by Gasteiger charge is -2.09. The van der Waals surface area contributed by atoms with Gasteiger partial charge in [0.1, 0.15) is 10.6 Å². The first-order valence-corrected chi connectivity index (χ1v) is 11.5. The molecule has 0 aliphatic carbocycles. The number of amides is 2. The molecule has 0 radical (unpaired) electrons. The van der Waals surface area contributed by atoms with Crippen molar-refractivity contribution in [2.24, 2.45) is 5.10 Å². The van der Waals surface area contributed by atoms with Crippen LogP contribution in [0.15, 0.2) is 94.4 Å². The molecule has 3 aromatic carbocycles. The van der Waals surface area contributed by atoms with Gasteiger partial charge in [-0.05, 0) is 61.9 Å². The second-order valence-electron chi connectivity index (χ2n) is 7.45. The molecule has 0 unspecified atom stereocenters. The Labute approximate surface area is 191 Å². The number of hydrazone groups is 1. The number of nitrogens with zero attached hydrogens (tertiary/aromatic N) is 2. The van der Waals surface area contributed by atoms with E-state index < -0.39 is 21.9 Å². The van der Waals surface area contributed by atoms with Crippen molar-refractivity contribution in [2.45, 2.75) is 18.7 Å². The Morgan fingerprint density at radius 2 is 1.55 bits per heavy atom. The van der Waals surface area contributed by atoms with E-state index in [0.29, 0.717) is 16.8 Å². The van der Waals surface area contributed by atoms with Gasteiger partial charge in [-0.1, -0.05) is 48.0 Å². The summed E-state index contributed by atoms with van der Waals surface area (Å²) in [6, 6.07) is 21.0. The zero-order valence-corrected chi connectivity index (χ0v) is 18.7. The first-order chi connectivity index (χ1) is 15.7. The first kappa shape index (κ1) is 22.2. The largest absolute Gasteiger partial charge is 0.379 e. The van der Waals surface area contributed by atoms with Crippen molar-refractivity contribution in [1.82, 2.24) is 5.01 Å². The fourth-order valence-electron chi connectivity index (χ4n) is 3.19. The molecule has 0 atom stereocenters. The van der Waals surface area contributed by atoms with Crippen LogP contribution in [0.2, 0.25) is 0 Å². The molecule has 8 heteroatoms. The van der Waals surface area contributed by atoms with Gasteiger partial charge in [-0.2, -0.15) is 18.5 Å². The van der Waals surface area contributed by atoms with Gasteiger partial charge in [-0.15, -0.1) is 0 Å². The number of hydrogen-bond acceptors (Lipinski definition) is 6. The van der Waals surface area contributed by atoms with Crippen LogP contribution in [0.1, 0.15) is 28.4 Å². The summed E-state index contributed by atoms with van der Waals surface area (Å²) in [7, 11) is -3.96. The van der Waals surface area contributed by atoms with Crippen molar-refractivity contribution < 1.29 is 22.2 Å². The standard InChI is InChI=1S/C25H20N2O5S/c1-17-8-14-22(15-9-17)33(30,31)32-21-12-10-19(11-13-21)16-23-18(2)26-27(25(23)29)24(28)20-6-4-3-5-7-20/h3-16H,1-2H3/b23-16+. The maximum atomic E-state index is 12.8. The number of carbonyl (C=O) groups is 2. The smallest absolute Gasteiger partial charge is 0.339 e. The SMILES string of the molecule is CC1=NN(C(=O)c2ccccc2)C(=O)/C1=C/c1ccc(OS(=O)(=O)c2ccc(C)cc2)cc1. The van der Waals surface area contributed by atoms with Crippen LogP contribution in [0.4, 0.5) is 0 Å². The summed E-state index contributed by atoms with van der Waals surface area (Å²) in [4.78, 5) is 25.5. The van der Waals surface area contributed by atoms with Gasteiger partial charge in [0.15, 0.2) is 0 Å². The summed E-state index contributed by atoms with van der Waals surface area (Å²) in [6.07, 6.45) is 1.59. The summed E-state index contributed by atoms with van der Waals surface area (Å²) >= 11 is 0. The predicted octanol–water partition coefficient (Wildman–Crippen LogP) is 4.20. The van der Waals surface area contributed by atoms with Crippen LogP contribution >= 0.6 is 0 Å². The normalized spacial score (nSPS) is 15.0. The van der Waals surface area contributed by atoms with Crippen LogP contribution in [0.3, 0.4) is 0 Å². The molecule has 0 fully saturated rings. The zero-order valence-electron chi connectivity index (χ0n) is 17.9. The number of carbonyl (C=O) groups excluding carboxylic acids is 2. The third-order valence-electron chi connectivity index (χ3n) is 4.98. The molecule has 1 heterocycles. The number of imide groups is 1. The Hall–Kier alpha value is -4.04. The molecule has 0 spiro atoms. The molecule has 2 amide bonds. The Kier molecular flexibility index (Phi) is 5.93. The summed E-state index contributed by atoms with van der Waals surface area (Å²) in [6.45, 7) is 3.51. The van der Waals surface area contributed by atoms with Gasteiger partial charge in [0, 0.05) is 5.56 Å². The van der Waals surface area contributed by atoms with Gasteiger partial charge in [-0.3, -0.25) is 9.59 Å². The molecular weight excluding hydrogens is 440 g/mol. The molecule has 7 nitrogen and oxygen atoms in total. The first-order valence-electron chi connectivity index (χ1n) is 10.1. The van der Waals surface area contributed by atoms with Crippen molar-refractivity contribution >= 4 is 33.7 Å². The summed E-state index contributed by atoms with van der Waals surface area (Å²) in [5.41, 5.74) is 2.62. The second kappa shape index (κ2) is 8.84. The van der Waals surface area contributed by atoms with E-state index in [-0.39, 0.29) is 16.2 Å². The average Bonchev–Trinajstić information content (AvgIpc) is 3.09. The van der Waals surface area contributed by atoms with Crippen LogP contribution in [0.5, 0.6) is 5.75 Å². The fraction of sp³-hybridized carbons (Fsp3) is 0.0800. The third-order valence-corrected chi connectivity index (χ3v) is 6.24. The van der Waals surface area contributed by atoms with E-state index >= 15 is 0 Å². The van der Waals surface area contributed by atoms with E-state index in [4.69, 9.17) is 4.18 Å². The molecule has 33 heavy (non-hydrogen) atoms. The minimum Gasteiger partial charge on any atom is -0.379 e. The Bertz CT molecular complexity index is 1370. The third kappa shape index (κ3) is 4.75. The van der Waals surface area contributed by atoms with Gasteiger partial charge >= 0.3 is 10.1 Å². The number of benzene rings is 3. The molecular formula is C25H20N2O5S. The van der Waals surface area contributed by atoms with Gasteiger partial charge < -0.3 is 4.18 Å². The number of hydrogen-bond donors (Lipinski definition) is 0. The van der Waals surface area contributed by atoms with Crippen LogP contribution in [-0.4, -0.2) is 31.0 Å². The van der Waals surface area contributed by atoms with Crippen LogP contribution in [-0.2, 0) is 14.9 Å². The van der Waals surface area contributed by atoms with Gasteiger partial charge in [0.25, 0.3) is 11.8 Å². The Morgan fingerprint density at radius 1 is 0.909 bits per heavy atom. The van der Waals surface area contributed by atoms with E-state index in [1.165, 1.54) is 24.3 Å². The number of rotatable bonds is 5. The highest BCUT2D eigenvalue weighted by molar-refractivity contribution is 7.87. The minimum atomic E-state index is -3.96. The van der Waals surface area contributed by atoms with Crippen molar-refractivity contribution in [2.75, 3.05) is 0 Å². The molecule has 0 N–H and O–H groups in total. The molecule has 4 rings (SSSR count). The maximum Gasteiger partial charge on any atom is 0.339 e. The second-order valence-corrected chi connectivity index (χ2v) is 9.00. The Balaban J connectivity index is 1.51. The lowest BCUT2D eigenvalue weighted by atomic mass is 10.1. The molecule has 0 aromatic heterocycles. The number of aryl methyl sites for hydroxylation is 1. The van der Waals surface area contributed by atoms with Crippen LogP contribution in [0, 0.1) is 6.92 Å². The molecule has 0 saturated carbocycles. The lowest BCUT2D eigenvalue weighted by molar-refractivity contribution is -0.123. The highest BCUT2D eigenvalue weighted by Gasteiger charge is 2.32. The summed E-state index contributed by atoms with van der Waals surface area (Å²) in [5.74, 6) is -0.890. The molecule has 0 bridgehead atoms. The zero-order chi connectivity index (χ0) is 23.6. The molecule has 3 aromatic rings. The highest BCUT2D eigenvalue weighted by atomic mass is 32.2. The van der Waals surface area contributed by atoms with Crippen molar-refractivity contribution in [3.63, 3.8) is 0 Å². The highest BCUT2D eigenvalue weighted by Crippen LogP contribution is 2.23. The van der Waals surface area contributed by atoms with Gasteiger partial charge in [-0.25, -0.2) is 0 Å². The van der Waals surface area contributed by atoms with Crippen LogP contribution < -0.4 is 4.18 Å². The maximum absolute atomic E-state index is 12.8. The summed E-state index contributed by atoms with van der Waals surface area (Å²) < 4.78 is 30.1. The molecule has 0 saturated heterocycles.